The van der Waals surface area contributed by atoms with Crippen molar-refractivity contribution in [2.75, 3.05) is 6.61 Å². The molecule has 0 aliphatic heterocycles. The fourth-order valence-electron chi connectivity index (χ4n) is 1.77. The summed E-state index contributed by atoms with van der Waals surface area (Å²) in [6, 6.07) is 6.33. The van der Waals surface area contributed by atoms with Crippen LogP contribution in [0.2, 0.25) is 0 Å². The molecular weight excluding hydrogens is 258 g/mol. The lowest BCUT2D eigenvalue weighted by Gasteiger charge is -2.23. The van der Waals surface area contributed by atoms with Crippen molar-refractivity contribution in [1.82, 2.24) is 0 Å². The largest absolute Gasteiger partial charge is 0.465 e. The number of hydrogen-bond donors (Lipinski definition) is 0. The number of benzene rings is 1. The number of carbonyl (C=O) groups is 1. The number of ether oxygens (including phenoxy) is 1. The minimum atomic E-state index is -0.738. The molecule has 1 atom stereocenters. The standard InChI is InChI=1S/C15H19NO4/c1-4-15(3,14(17)20-5-2)11-10-12-6-8-13(9-7-12)16(18)19/h4,6-9H,1,5,10-11H2,2-3H3. The van der Waals surface area contributed by atoms with E-state index in [2.05, 4.69) is 6.58 Å². The third kappa shape index (κ3) is 3.91. The van der Waals surface area contributed by atoms with Crippen molar-refractivity contribution >= 4 is 11.7 Å². The summed E-state index contributed by atoms with van der Waals surface area (Å²) in [4.78, 5) is 22.0. The molecule has 1 rings (SSSR count). The minimum Gasteiger partial charge on any atom is -0.465 e. The summed E-state index contributed by atoms with van der Waals surface area (Å²) in [6.45, 7) is 7.57. The zero-order valence-electron chi connectivity index (χ0n) is 11.8. The fraction of sp³-hybridized carbons (Fsp3) is 0.400. The molecule has 0 spiro atoms. The van der Waals surface area contributed by atoms with E-state index in [0.717, 1.165) is 5.56 Å². The maximum atomic E-state index is 11.9. The lowest BCUT2D eigenvalue weighted by atomic mass is 9.84. The molecule has 5 heteroatoms. The second-order valence-electron chi connectivity index (χ2n) is 4.77. The highest BCUT2D eigenvalue weighted by atomic mass is 16.6. The van der Waals surface area contributed by atoms with Gasteiger partial charge in [0.15, 0.2) is 0 Å². The quantitative estimate of drug-likeness (QED) is 0.332. The highest BCUT2D eigenvalue weighted by Crippen LogP contribution is 2.27. The first-order valence-corrected chi connectivity index (χ1v) is 6.47. The van der Waals surface area contributed by atoms with Crippen molar-refractivity contribution in [3.63, 3.8) is 0 Å². The van der Waals surface area contributed by atoms with Crippen LogP contribution in [0.15, 0.2) is 36.9 Å². The molecule has 108 valence electrons. The first-order chi connectivity index (χ1) is 9.42. The summed E-state index contributed by atoms with van der Waals surface area (Å²) in [6.07, 6.45) is 2.77. The van der Waals surface area contributed by atoms with E-state index in [9.17, 15) is 14.9 Å². The van der Waals surface area contributed by atoms with Crippen LogP contribution >= 0.6 is 0 Å². The topological polar surface area (TPSA) is 69.4 Å². The van der Waals surface area contributed by atoms with E-state index in [-0.39, 0.29) is 11.7 Å². The Morgan fingerprint density at radius 3 is 2.50 bits per heavy atom. The number of nitrogens with zero attached hydrogens (tertiary/aromatic N) is 1. The van der Waals surface area contributed by atoms with E-state index < -0.39 is 10.3 Å². The van der Waals surface area contributed by atoms with Gasteiger partial charge >= 0.3 is 5.97 Å². The Morgan fingerprint density at radius 1 is 1.45 bits per heavy atom. The molecule has 5 nitrogen and oxygen atoms in total. The summed E-state index contributed by atoms with van der Waals surface area (Å²) >= 11 is 0. The molecule has 0 aliphatic carbocycles. The van der Waals surface area contributed by atoms with Crippen molar-refractivity contribution in [3.05, 3.63) is 52.6 Å². The van der Waals surface area contributed by atoms with Gasteiger partial charge in [0.2, 0.25) is 0 Å². The zero-order valence-corrected chi connectivity index (χ0v) is 11.8. The molecule has 0 saturated carbocycles. The van der Waals surface area contributed by atoms with Crippen LogP contribution < -0.4 is 0 Å². The summed E-state index contributed by atoms with van der Waals surface area (Å²) < 4.78 is 5.04. The first kappa shape index (κ1) is 15.9. The maximum Gasteiger partial charge on any atom is 0.315 e. The summed E-state index contributed by atoms with van der Waals surface area (Å²) in [5, 5.41) is 10.6. The van der Waals surface area contributed by atoms with E-state index in [1.165, 1.54) is 12.1 Å². The smallest absolute Gasteiger partial charge is 0.315 e. The summed E-state index contributed by atoms with van der Waals surface area (Å²) in [7, 11) is 0. The molecule has 0 aliphatic rings. The van der Waals surface area contributed by atoms with Crippen LogP contribution in [-0.2, 0) is 16.0 Å². The number of carbonyl (C=O) groups excluding carboxylic acids is 1. The molecule has 0 bridgehead atoms. The molecule has 0 heterocycles. The van der Waals surface area contributed by atoms with Crippen LogP contribution in [0.3, 0.4) is 0 Å². The Morgan fingerprint density at radius 2 is 2.05 bits per heavy atom. The molecule has 1 unspecified atom stereocenters. The van der Waals surface area contributed by atoms with Crippen LogP contribution in [0.5, 0.6) is 0 Å². The Bertz CT molecular complexity index is 495. The Labute approximate surface area is 118 Å². The van der Waals surface area contributed by atoms with Gasteiger partial charge in [-0.05, 0) is 32.3 Å². The molecular formula is C15H19NO4. The molecule has 1 aromatic rings. The zero-order chi connectivity index (χ0) is 15.2. The van der Waals surface area contributed by atoms with Gasteiger partial charge in [0.1, 0.15) is 0 Å². The number of nitro groups is 1. The van der Waals surface area contributed by atoms with Gasteiger partial charge in [-0.25, -0.2) is 0 Å². The van der Waals surface area contributed by atoms with Crippen LogP contribution in [0.4, 0.5) is 5.69 Å². The lowest BCUT2D eigenvalue weighted by molar-refractivity contribution is -0.384. The number of nitro benzene ring substituents is 1. The predicted octanol–water partition coefficient (Wildman–Crippen LogP) is 3.28. The van der Waals surface area contributed by atoms with E-state index in [1.54, 1.807) is 32.1 Å². The number of hydrogen-bond acceptors (Lipinski definition) is 4. The van der Waals surface area contributed by atoms with Crippen LogP contribution in [0.25, 0.3) is 0 Å². The number of rotatable bonds is 7. The normalized spacial score (nSPS) is 13.3. The van der Waals surface area contributed by atoms with E-state index >= 15 is 0 Å². The van der Waals surface area contributed by atoms with Gasteiger partial charge in [0.25, 0.3) is 5.69 Å². The van der Waals surface area contributed by atoms with Gasteiger partial charge in [-0.3, -0.25) is 14.9 Å². The van der Waals surface area contributed by atoms with Crippen molar-refractivity contribution in [2.24, 2.45) is 5.41 Å². The van der Waals surface area contributed by atoms with E-state index in [4.69, 9.17) is 4.74 Å². The first-order valence-electron chi connectivity index (χ1n) is 6.47. The van der Waals surface area contributed by atoms with Gasteiger partial charge in [-0.15, -0.1) is 6.58 Å². The minimum absolute atomic E-state index is 0.0608. The molecule has 20 heavy (non-hydrogen) atoms. The van der Waals surface area contributed by atoms with Crippen molar-refractivity contribution < 1.29 is 14.5 Å². The number of aryl methyl sites for hydroxylation is 1. The molecule has 0 aromatic heterocycles. The van der Waals surface area contributed by atoms with E-state index in [0.29, 0.717) is 19.4 Å². The summed E-state index contributed by atoms with van der Waals surface area (Å²) in [5.41, 5.74) is 0.260. The Kier molecular flexibility index (Phi) is 5.43. The van der Waals surface area contributed by atoms with Gasteiger partial charge in [0.05, 0.1) is 16.9 Å². The van der Waals surface area contributed by atoms with Crippen molar-refractivity contribution in [2.45, 2.75) is 26.7 Å². The average Bonchev–Trinajstić information content (AvgIpc) is 2.45. The third-order valence-electron chi connectivity index (χ3n) is 3.27. The fourth-order valence-corrected chi connectivity index (χ4v) is 1.77. The highest BCUT2D eigenvalue weighted by molar-refractivity contribution is 5.78. The van der Waals surface area contributed by atoms with Crippen LogP contribution in [0, 0.1) is 15.5 Å². The second kappa shape index (κ2) is 6.84. The van der Waals surface area contributed by atoms with Gasteiger partial charge in [-0.1, -0.05) is 18.2 Å². The Hall–Kier alpha value is -2.17. The van der Waals surface area contributed by atoms with Crippen LogP contribution in [0.1, 0.15) is 25.8 Å². The van der Waals surface area contributed by atoms with Gasteiger partial charge in [-0.2, -0.15) is 0 Å². The van der Waals surface area contributed by atoms with Gasteiger partial charge < -0.3 is 4.74 Å². The average molecular weight is 277 g/mol. The lowest BCUT2D eigenvalue weighted by Crippen LogP contribution is -2.28. The maximum absolute atomic E-state index is 11.9. The molecule has 0 N–H and O–H groups in total. The molecule has 0 amide bonds. The molecule has 0 radical (unpaired) electrons. The van der Waals surface area contributed by atoms with Gasteiger partial charge in [0, 0.05) is 12.1 Å². The van der Waals surface area contributed by atoms with Crippen LogP contribution in [-0.4, -0.2) is 17.5 Å². The highest BCUT2D eigenvalue weighted by Gasteiger charge is 2.30. The van der Waals surface area contributed by atoms with Crippen molar-refractivity contribution in [3.8, 4) is 0 Å². The second-order valence-corrected chi connectivity index (χ2v) is 4.77. The molecule has 0 saturated heterocycles. The SMILES string of the molecule is C=CC(C)(CCc1ccc([N+](=O)[O-])cc1)C(=O)OCC. The summed E-state index contributed by atoms with van der Waals surface area (Å²) in [5.74, 6) is -0.295. The Balaban J connectivity index is 2.71. The molecule has 0 fully saturated rings. The molecule has 1 aromatic carbocycles. The number of esters is 1. The monoisotopic (exact) mass is 277 g/mol. The van der Waals surface area contributed by atoms with E-state index in [1.807, 2.05) is 0 Å². The predicted molar refractivity (Wildman–Crippen MR) is 76.4 cm³/mol. The number of non-ortho nitro benzene ring substituents is 1. The third-order valence-corrected chi connectivity index (χ3v) is 3.27. The van der Waals surface area contributed by atoms with Crippen molar-refractivity contribution in [1.29, 1.82) is 0 Å².